The fourth-order valence-electron chi connectivity index (χ4n) is 1.01. The minimum atomic E-state index is -1.14. The van der Waals surface area contributed by atoms with E-state index in [1.807, 2.05) is 4.90 Å². The molecule has 1 heterocycles. The van der Waals surface area contributed by atoms with E-state index in [2.05, 4.69) is 0 Å². The van der Waals surface area contributed by atoms with Crippen molar-refractivity contribution in [1.82, 2.24) is 4.90 Å². The fourth-order valence-corrected chi connectivity index (χ4v) is 2.17. The molecule has 1 aliphatic heterocycles. The molecule has 50 valence electrons. The molecule has 0 aromatic heterocycles. The summed E-state index contributed by atoms with van der Waals surface area (Å²) in [5.74, 6) is 0. The van der Waals surface area contributed by atoms with Crippen molar-refractivity contribution in [3.63, 3.8) is 0 Å². The molecule has 0 unspecified atom stereocenters. The van der Waals surface area contributed by atoms with Gasteiger partial charge in [-0.25, -0.2) is 0 Å². The number of amides is 1. The second-order valence-electron chi connectivity index (χ2n) is 2.14. The molecule has 0 aromatic carbocycles. The summed E-state index contributed by atoms with van der Waals surface area (Å²) in [5, 5.41) is 0. The van der Waals surface area contributed by atoms with Gasteiger partial charge in [-0.3, -0.25) is 0 Å². The molecule has 1 amide bonds. The van der Waals surface area contributed by atoms with E-state index < -0.39 is 21.4 Å². The number of carbonyl (C=O) groups excluding carboxylic acids is 1. The van der Waals surface area contributed by atoms with Gasteiger partial charge in [0.25, 0.3) is 0 Å². The Morgan fingerprint density at radius 3 is 2.44 bits per heavy atom. The Kier molecular flexibility index (Phi) is 2.78. The number of hydrogen-bond acceptors (Lipinski definition) is 2. The molecule has 0 aliphatic carbocycles. The number of rotatable bonds is 1. The molecule has 0 spiro atoms. The molecule has 2 N–H and O–H groups in total. The van der Waals surface area contributed by atoms with Gasteiger partial charge in [0.15, 0.2) is 0 Å². The monoisotopic (exact) mass is 234 g/mol. The molecular weight excluding hydrogens is 223 g/mol. The first kappa shape index (κ1) is 7.34. The molecule has 3 nitrogen and oxygen atoms in total. The van der Waals surface area contributed by atoms with Gasteiger partial charge in [0.05, 0.1) is 0 Å². The Bertz CT molecular complexity index is 112. The van der Waals surface area contributed by atoms with E-state index in [9.17, 15) is 4.79 Å². The van der Waals surface area contributed by atoms with Gasteiger partial charge in [0.1, 0.15) is 0 Å². The zero-order chi connectivity index (χ0) is 6.69. The average Bonchev–Trinajstić information content (AvgIpc) is 2.37. The third kappa shape index (κ3) is 1.82. The molecule has 1 saturated heterocycles. The molecule has 0 atom stereocenters. The van der Waals surface area contributed by atoms with Crippen molar-refractivity contribution in [2.75, 3.05) is 13.1 Å². The van der Waals surface area contributed by atoms with Gasteiger partial charge in [0.2, 0.25) is 0 Å². The first-order valence-electron chi connectivity index (χ1n) is 3.10. The predicted octanol–water partition coefficient (Wildman–Crippen LogP) is -0.220. The molecule has 1 fully saturated rings. The Balaban J connectivity index is 2.32. The Labute approximate surface area is 65.2 Å². The quantitative estimate of drug-likeness (QED) is 0.636. The summed E-state index contributed by atoms with van der Waals surface area (Å²) in [5.41, 5.74) is 0. The Morgan fingerprint density at radius 2 is 2.00 bits per heavy atom. The molecule has 1 aliphatic rings. The number of nitrogens with two attached hydrogens (primary N) is 1. The van der Waals surface area contributed by atoms with Gasteiger partial charge in [-0.2, -0.15) is 0 Å². The molecule has 1 rings (SSSR count). The van der Waals surface area contributed by atoms with Crippen LogP contribution in [0.25, 0.3) is 0 Å². The van der Waals surface area contributed by atoms with E-state index in [1.165, 1.54) is 12.8 Å². The predicted molar refractivity (Wildman–Crippen MR) is 36.1 cm³/mol. The van der Waals surface area contributed by atoms with E-state index in [4.69, 9.17) is 3.96 Å². The van der Waals surface area contributed by atoms with E-state index in [0.29, 0.717) is 0 Å². The Morgan fingerprint density at radius 1 is 1.44 bits per heavy atom. The van der Waals surface area contributed by atoms with Crippen molar-refractivity contribution in [3.05, 3.63) is 0 Å². The van der Waals surface area contributed by atoms with Gasteiger partial charge in [-0.05, 0) is 0 Å². The second-order valence-corrected chi connectivity index (χ2v) is 4.19. The molecule has 2 radical (unpaired) electrons. The van der Waals surface area contributed by atoms with Crippen molar-refractivity contribution in [1.29, 1.82) is 0 Å². The molecule has 4 heteroatoms. The van der Waals surface area contributed by atoms with Crippen LogP contribution in [0.3, 0.4) is 0 Å². The third-order valence-corrected chi connectivity index (χ3v) is 3.12. The topological polar surface area (TPSA) is 46.3 Å². The van der Waals surface area contributed by atoms with Crippen LogP contribution in [0.5, 0.6) is 0 Å². The normalized spacial score (nSPS) is 18.6. The van der Waals surface area contributed by atoms with E-state index in [0.717, 1.165) is 13.1 Å². The zero-order valence-electron chi connectivity index (χ0n) is 5.26. The van der Waals surface area contributed by atoms with Crippen molar-refractivity contribution < 1.29 is 4.79 Å². The minimum absolute atomic E-state index is 0.260. The van der Waals surface area contributed by atoms with Gasteiger partial charge >= 0.3 is 64.9 Å². The van der Waals surface area contributed by atoms with Gasteiger partial charge in [0, 0.05) is 0 Å². The number of carbonyl (C=O) groups is 1. The first-order chi connectivity index (χ1) is 4.34. The molecule has 0 bridgehead atoms. The summed E-state index contributed by atoms with van der Waals surface area (Å²) in [6.07, 6.45) is 2.34. The van der Waals surface area contributed by atoms with Gasteiger partial charge in [-0.15, -0.1) is 0 Å². The average molecular weight is 233 g/mol. The first-order valence-corrected chi connectivity index (χ1v) is 6.17. The van der Waals surface area contributed by atoms with Crippen LogP contribution in [0.4, 0.5) is 4.79 Å². The summed E-state index contributed by atoms with van der Waals surface area (Å²) in [6.45, 7) is 1.91. The molecule has 0 saturated carbocycles. The maximum atomic E-state index is 10.9. The van der Waals surface area contributed by atoms with E-state index in [1.54, 1.807) is 0 Å². The third-order valence-electron chi connectivity index (χ3n) is 1.52. The fraction of sp³-hybridized carbons (Fsp3) is 0.800. The van der Waals surface area contributed by atoms with E-state index in [-0.39, 0.29) is 3.92 Å². The summed E-state index contributed by atoms with van der Waals surface area (Å²) in [6, 6.07) is 0. The van der Waals surface area contributed by atoms with Crippen LogP contribution in [0.15, 0.2) is 0 Å². The van der Waals surface area contributed by atoms with Crippen LogP contribution in [0, 0.1) is 0 Å². The van der Waals surface area contributed by atoms with Crippen LogP contribution < -0.4 is 3.96 Å². The van der Waals surface area contributed by atoms with Gasteiger partial charge < -0.3 is 0 Å². The summed E-state index contributed by atoms with van der Waals surface area (Å²) >= 11 is -1.14. The van der Waals surface area contributed by atoms with Crippen LogP contribution in [0.1, 0.15) is 12.8 Å². The standard InChI is InChI=1S/C5H8NO.H2N.Sn/c7-5-6-3-1-2-4-6;;/h1-4H2;1H2;/q;-1;+1. The second kappa shape index (κ2) is 3.41. The van der Waals surface area contributed by atoms with Crippen LogP contribution in [0.2, 0.25) is 0 Å². The SMILES string of the molecule is [NH2][Sn][C](=O)N1CCCC1. The van der Waals surface area contributed by atoms with Crippen molar-refractivity contribution >= 4 is 25.3 Å². The summed E-state index contributed by atoms with van der Waals surface area (Å²) < 4.78 is 5.59. The summed E-state index contributed by atoms with van der Waals surface area (Å²) in [7, 11) is 0. The van der Waals surface area contributed by atoms with Crippen molar-refractivity contribution in [2.45, 2.75) is 12.8 Å². The number of nitrogens with zero attached hydrogens (tertiary/aromatic N) is 1. The summed E-state index contributed by atoms with van der Waals surface area (Å²) in [4.78, 5) is 12.8. The number of hydrogen-bond donors (Lipinski definition) is 1. The molecule has 9 heavy (non-hydrogen) atoms. The Hall–Kier alpha value is 0.229. The van der Waals surface area contributed by atoms with Crippen LogP contribution in [-0.2, 0) is 0 Å². The van der Waals surface area contributed by atoms with E-state index >= 15 is 0 Å². The zero-order valence-corrected chi connectivity index (χ0v) is 8.12. The van der Waals surface area contributed by atoms with Crippen LogP contribution >= 0.6 is 0 Å². The van der Waals surface area contributed by atoms with Crippen molar-refractivity contribution in [2.24, 2.45) is 3.96 Å². The van der Waals surface area contributed by atoms with Crippen molar-refractivity contribution in [3.8, 4) is 0 Å². The molecule has 0 aromatic rings. The maximum absolute atomic E-state index is 10.9. The number of likely N-dealkylation sites (tertiary alicyclic amines) is 1. The van der Waals surface area contributed by atoms with Crippen LogP contribution in [-0.4, -0.2) is 43.3 Å². The molecular formula is C5H10N2OSn. The van der Waals surface area contributed by atoms with Gasteiger partial charge in [-0.1, -0.05) is 0 Å².